The highest BCUT2D eigenvalue weighted by Gasteiger charge is 2.60. The number of carbonyl (C=O) groups excluding carboxylic acids is 2. The van der Waals surface area contributed by atoms with Gasteiger partial charge in [-0.2, -0.15) is 0 Å². The number of aliphatic carboxylic acids is 1. The van der Waals surface area contributed by atoms with Gasteiger partial charge in [0.05, 0.1) is 50.7 Å². The molecule has 0 aromatic rings. The van der Waals surface area contributed by atoms with Crippen molar-refractivity contribution in [1.29, 1.82) is 0 Å². The SMILES string of the molecule is CCCCCCCCCCCCCC/C=C\CCCCCCCCCCCCCCCCCCC(=O)NC(COC1OC(CO)C(OC2OC(CO)C(O)C(OC3(C(=O)O)CC(O)C(NC(C)=O)C(C(O)C(O)CO)O3)C2O)C(O)C1O)C(O)/C=C/CCCCCCCCCCCCCCCCCCCCCC. The van der Waals surface area contributed by atoms with Gasteiger partial charge in [0.2, 0.25) is 11.8 Å². The number of carboxylic acids is 1. The van der Waals surface area contributed by atoms with Crippen LogP contribution >= 0.6 is 0 Å². The Morgan fingerprint density at radius 2 is 0.870 bits per heavy atom. The quantitative estimate of drug-likeness (QED) is 0.0199. The van der Waals surface area contributed by atoms with Crippen molar-refractivity contribution >= 4 is 17.8 Å². The lowest BCUT2D eigenvalue weighted by atomic mass is 9.88. The lowest BCUT2D eigenvalue weighted by Gasteiger charge is -2.50. The molecule has 3 aliphatic rings. The van der Waals surface area contributed by atoms with Gasteiger partial charge in [-0.25, -0.2) is 4.79 Å². The fourth-order valence-electron chi connectivity index (χ4n) is 15.2. The number of nitrogens with one attached hydrogen (secondary N) is 2. The van der Waals surface area contributed by atoms with E-state index >= 15 is 0 Å². The lowest BCUT2D eigenvalue weighted by molar-refractivity contribution is -0.386. The normalized spacial score (nSPS) is 25.9. The Kier molecular flexibility index (Phi) is 58.5. The van der Waals surface area contributed by atoms with Gasteiger partial charge < -0.3 is 100 Å². The van der Waals surface area contributed by atoms with Crippen LogP contribution in [-0.2, 0) is 42.8 Å². The van der Waals surface area contributed by atoms with Gasteiger partial charge in [-0.1, -0.05) is 321 Å². The van der Waals surface area contributed by atoms with Crippen LogP contribution in [0.2, 0.25) is 0 Å². The molecule has 0 aromatic carbocycles. The Hall–Kier alpha value is -2.79. The van der Waals surface area contributed by atoms with Gasteiger partial charge >= 0.3 is 5.97 Å². The van der Waals surface area contributed by atoms with Crippen molar-refractivity contribution in [2.24, 2.45) is 0 Å². The van der Waals surface area contributed by atoms with Crippen LogP contribution in [0.1, 0.15) is 361 Å². The first-order valence-electron chi connectivity index (χ1n) is 43.7. The summed E-state index contributed by atoms with van der Waals surface area (Å²) in [7, 11) is 0. The van der Waals surface area contributed by atoms with Crippen molar-refractivity contribution in [3.63, 3.8) is 0 Å². The largest absolute Gasteiger partial charge is 0.477 e. The van der Waals surface area contributed by atoms with Crippen LogP contribution in [0.25, 0.3) is 0 Å². The van der Waals surface area contributed by atoms with Gasteiger partial charge in [0.1, 0.15) is 67.1 Å². The molecule has 23 heteroatoms. The Balaban J connectivity index is 1.47. The van der Waals surface area contributed by atoms with Gasteiger partial charge in [-0.3, -0.25) is 9.59 Å². The van der Waals surface area contributed by atoms with E-state index in [0.29, 0.717) is 12.8 Å². The summed E-state index contributed by atoms with van der Waals surface area (Å²) in [4.78, 5) is 38.8. The molecule has 2 amide bonds. The number of amides is 2. The second-order valence-corrected chi connectivity index (χ2v) is 31.8. The van der Waals surface area contributed by atoms with Crippen LogP contribution < -0.4 is 10.6 Å². The van der Waals surface area contributed by atoms with E-state index in [2.05, 4.69) is 36.6 Å². The van der Waals surface area contributed by atoms with E-state index in [4.69, 9.17) is 28.4 Å². The van der Waals surface area contributed by atoms with Crippen molar-refractivity contribution in [1.82, 2.24) is 10.6 Å². The highest BCUT2D eigenvalue weighted by atomic mass is 16.8. The van der Waals surface area contributed by atoms with E-state index in [1.54, 1.807) is 6.08 Å². The average Bonchev–Trinajstić information content (AvgIpc) is 0.754. The Bertz CT molecular complexity index is 2240. The Labute approximate surface area is 651 Å². The zero-order valence-corrected chi connectivity index (χ0v) is 67.5. The molecule has 108 heavy (non-hydrogen) atoms. The molecule has 3 saturated heterocycles. The number of aliphatic hydroxyl groups excluding tert-OH is 11. The average molecular weight is 1540 g/mol. The van der Waals surface area contributed by atoms with Crippen molar-refractivity contribution in [3.05, 3.63) is 24.3 Å². The van der Waals surface area contributed by atoms with Crippen LogP contribution in [-0.4, -0.2) is 215 Å². The number of carboxylic acid groups (broad SMARTS) is 1. The molecule has 23 nitrogen and oxygen atoms in total. The van der Waals surface area contributed by atoms with Crippen molar-refractivity contribution in [3.8, 4) is 0 Å². The first-order valence-corrected chi connectivity index (χ1v) is 43.7. The first kappa shape index (κ1) is 99.4. The highest BCUT2D eigenvalue weighted by molar-refractivity contribution is 5.77. The number of allylic oxidation sites excluding steroid dienone is 3. The summed E-state index contributed by atoms with van der Waals surface area (Å²) in [5, 5.41) is 137. The van der Waals surface area contributed by atoms with Crippen LogP contribution in [0.4, 0.5) is 0 Å². The highest BCUT2D eigenvalue weighted by Crippen LogP contribution is 2.39. The topological polar surface area (TPSA) is 373 Å². The van der Waals surface area contributed by atoms with Gasteiger partial charge in [-0.15, -0.1) is 0 Å². The predicted molar refractivity (Wildman–Crippen MR) is 421 cm³/mol. The number of carbonyl (C=O) groups is 3. The van der Waals surface area contributed by atoms with Crippen LogP contribution in [0.5, 0.6) is 0 Å². The van der Waals surface area contributed by atoms with E-state index in [1.807, 2.05) is 6.08 Å². The van der Waals surface area contributed by atoms with Crippen molar-refractivity contribution in [2.45, 2.75) is 471 Å². The lowest BCUT2D eigenvalue weighted by Crippen LogP contribution is -2.70. The van der Waals surface area contributed by atoms with Crippen LogP contribution in [0, 0.1) is 0 Å². The number of hydrogen-bond donors (Lipinski definition) is 14. The van der Waals surface area contributed by atoms with Gasteiger partial charge in [-0.05, 0) is 44.9 Å². The molecule has 0 bridgehead atoms. The zero-order valence-electron chi connectivity index (χ0n) is 67.5. The fourth-order valence-corrected chi connectivity index (χ4v) is 15.2. The summed E-state index contributed by atoms with van der Waals surface area (Å²) >= 11 is 0. The molecule has 0 spiro atoms. The molecule has 0 saturated carbocycles. The molecule has 18 atom stereocenters. The summed E-state index contributed by atoms with van der Waals surface area (Å²) in [6.45, 7) is 2.21. The molecule has 0 radical (unpaired) electrons. The fraction of sp³-hybridized carbons (Fsp3) is 0.918. The van der Waals surface area contributed by atoms with E-state index < -0.39 is 155 Å². The van der Waals surface area contributed by atoms with E-state index in [0.717, 1.165) is 51.9 Å². The molecule has 634 valence electrons. The smallest absolute Gasteiger partial charge is 0.364 e. The number of hydrogen-bond acceptors (Lipinski definition) is 20. The first-order chi connectivity index (χ1) is 52.4. The van der Waals surface area contributed by atoms with Crippen LogP contribution in [0.3, 0.4) is 0 Å². The summed E-state index contributed by atoms with van der Waals surface area (Å²) in [6.07, 6.45) is 43.6. The van der Waals surface area contributed by atoms with Gasteiger partial charge in [0.25, 0.3) is 5.79 Å². The third kappa shape index (κ3) is 42.5. The third-order valence-corrected chi connectivity index (χ3v) is 22.1. The minimum atomic E-state index is -3.08. The Morgan fingerprint density at radius 1 is 0.481 bits per heavy atom. The predicted octanol–water partition coefficient (Wildman–Crippen LogP) is 13.1. The summed E-state index contributed by atoms with van der Waals surface area (Å²) in [5.41, 5.74) is 0. The van der Waals surface area contributed by atoms with E-state index in [9.17, 15) is 75.7 Å². The molecule has 3 heterocycles. The molecule has 14 N–H and O–H groups in total. The van der Waals surface area contributed by atoms with Gasteiger partial charge in [0.15, 0.2) is 12.6 Å². The van der Waals surface area contributed by atoms with E-state index in [1.165, 1.54) is 270 Å². The Morgan fingerprint density at radius 3 is 1.26 bits per heavy atom. The minimum Gasteiger partial charge on any atom is -0.477 e. The summed E-state index contributed by atoms with van der Waals surface area (Å²) < 4.78 is 35.0. The molecule has 0 aromatic heterocycles. The monoisotopic (exact) mass is 1540 g/mol. The summed E-state index contributed by atoms with van der Waals surface area (Å²) in [5.74, 6) is -6.13. The zero-order chi connectivity index (χ0) is 78.8. The maximum atomic E-state index is 13.6. The van der Waals surface area contributed by atoms with Gasteiger partial charge in [0, 0.05) is 19.8 Å². The standard InChI is InChI=1S/C85H158N2O21/c1-4-6-8-10-12-14-16-18-20-22-24-26-28-29-30-31-32-33-34-35-36-37-39-41-43-45-47-49-51-53-55-57-59-72(95)87-66(67(92)58-56-54-52-50-48-46-44-42-40-38-27-25-23-21-19-17-15-13-11-9-7-5-2)64-103-82-77(99)76(98)79(71(63-90)105-82)106-83-78(100)81(75(97)70(62-89)104-83)108-85(84(101)102)60-68(93)73(86-65(3)91)80(107-85)74(96)69(94)61-88/h29-30,56,58,66-71,73-83,88-90,92-94,96-100H,4-28,31-55,57,59-64H2,1-3H3,(H,86,91)(H,87,95)(H,101,102)/b30-29-,58-56+. The molecule has 3 rings (SSSR count). The molecular weight excluding hydrogens is 1380 g/mol. The molecule has 18 unspecified atom stereocenters. The maximum Gasteiger partial charge on any atom is 0.364 e. The number of rotatable bonds is 70. The maximum absolute atomic E-state index is 13.6. The number of ether oxygens (including phenoxy) is 6. The number of unbranched alkanes of at least 4 members (excludes halogenated alkanes) is 48. The number of aliphatic hydroxyl groups is 11. The van der Waals surface area contributed by atoms with Crippen molar-refractivity contribution in [2.75, 3.05) is 26.4 Å². The van der Waals surface area contributed by atoms with E-state index in [-0.39, 0.29) is 12.3 Å². The minimum absolute atomic E-state index is 0.203. The molecule has 3 fully saturated rings. The second kappa shape index (κ2) is 63.5. The molecule has 0 aliphatic carbocycles. The van der Waals surface area contributed by atoms with Crippen molar-refractivity contribution < 1.29 is 104 Å². The molecule has 3 aliphatic heterocycles. The molecular formula is C85H158N2O21. The van der Waals surface area contributed by atoms with Crippen LogP contribution in [0.15, 0.2) is 24.3 Å². The third-order valence-electron chi connectivity index (χ3n) is 22.1. The summed E-state index contributed by atoms with van der Waals surface area (Å²) in [6, 6.07) is -2.62. The second-order valence-electron chi connectivity index (χ2n) is 31.8.